The molecule has 4 rings (SSSR count). The Balaban J connectivity index is 1.67. The number of imidazole rings is 1. The van der Waals surface area contributed by atoms with E-state index in [0.717, 1.165) is 12.8 Å². The smallest absolute Gasteiger partial charge is 0.224 e. The number of anilines is 2. The first-order valence-corrected chi connectivity index (χ1v) is 8.97. The molecule has 0 spiro atoms. The van der Waals surface area contributed by atoms with Crippen molar-refractivity contribution < 1.29 is 20.1 Å². The third-order valence-corrected chi connectivity index (χ3v) is 5.18. The zero-order chi connectivity index (χ0) is 18.3. The van der Waals surface area contributed by atoms with E-state index >= 15 is 0 Å². The number of nitrogens with one attached hydrogen (secondary N) is 1. The van der Waals surface area contributed by atoms with Crippen LogP contribution in [0.3, 0.4) is 0 Å². The summed E-state index contributed by atoms with van der Waals surface area (Å²) in [6, 6.07) is 0.320. The molecular formula is C16H24N6O4. The number of ether oxygens (including phenoxy) is 1. The van der Waals surface area contributed by atoms with Crippen molar-refractivity contribution in [3.05, 3.63) is 6.33 Å². The predicted octanol–water partition coefficient (Wildman–Crippen LogP) is -0.235. The van der Waals surface area contributed by atoms with Gasteiger partial charge in [-0.15, -0.1) is 0 Å². The van der Waals surface area contributed by atoms with Crippen molar-refractivity contribution in [1.82, 2.24) is 19.5 Å². The van der Waals surface area contributed by atoms with Crippen molar-refractivity contribution in [2.75, 3.05) is 17.7 Å². The van der Waals surface area contributed by atoms with Crippen molar-refractivity contribution >= 4 is 22.9 Å². The van der Waals surface area contributed by atoms with E-state index in [0.29, 0.717) is 23.0 Å². The fraction of sp³-hybridized carbons (Fsp3) is 0.688. The van der Waals surface area contributed by atoms with Crippen LogP contribution < -0.4 is 11.1 Å². The van der Waals surface area contributed by atoms with E-state index < -0.39 is 31.1 Å². The van der Waals surface area contributed by atoms with E-state index in [1.165, 1.54) is 30.2 Å². The van der Waals surface area contributed by atoms with Gasteiger partial charge < -0.3 is 31.1 Å². The van der Waals surface area contributed by atoms with Crippen LogP contribution in [-0.2, 0) is 4.74 Å². The van der Waals surface area contributed by atoms with Gasteiger partial charge in [0, 0.05) is 6.04 Å². The number of rotatable bonds is 4. The Hall–Kier alpha value is -2.01. The lowest BCUT2D eigenvalue weighted by Gasteiger charge is -2.23. The first-order valence-electron chi connectivity index (χ1n) is 8.97. The van der Waals surface area contributed by atoms with E-state index in [2.05, 4.69) is 20.3 Å². The average molecular weight is 364 g/mol. The molecule has 2 aliphatic rings. The molecule has 10 heteroatoms. The van der Waals surface area contributed by atoms with Gasteiger partial charge in [-0.05, 0) is 12.8 Å². The van der Waals surface area contributed by atoms with Crippen LogP contribution in [0.1, 0.15) is 38.3 Å². The molecule has 26 heavy (non-hydrogen) atoms. The molecule has 1 saturated carbocycles. The summed E-state index contributed by atoms with van der Waals surface area (Å²) in [5, 5.41) is 32.9. The maximum absolute atomic E-state index is 10.3. The molecule has 2 aromatic rings. The van der Waals surface area contributed by atoms with Gasteiger partial charge in [-0.3, -0.25) is 4.57 Å². The summed E-state index contributed by atoms with van der Waals surface area (Å²) in [4.78, 5) is 12.9. The van der Waals surface area contributed by atoms with Crippen LogP contribution in [0.4, 0.5) is 11.8 Å². The van der Waals surface area contributed by atoms with E-state index in [1.54, 1.807) is 0 Å². The summed E-state index contributed by atoms with van der Waals surface area (Å²) in [6.07, 6.45) is 3.04. The van der Waals surface area contributed by atoms with Gasteiger partial charge in [-0.2, -0.15) is 9.97 Å². The summed E-state index contributed by atoms with van der Waals surface area (Å²) < 4.78 is 7.09. The zero-order valence-corrected chi connectivity index (χ0v) is 14.3. The highest BCUT2D eigenvalue weighted by Gasteiger charge is 2.44. The number of nitrogen functional groups attached to an aromatic ring is 1. The van der Waals surface area contributed by atoms with Crippen LogP contribution >= 0.6 is 0 Å². The van der Waals surface area contributed by atoms with Crippen molar-refractivity contribution in [2.45, 2.75) is 62.7 Å². The normalized spacial score (nSPS) is 30.1. The molecular weight excluding hydrogens is 340 g/mol. The molecule has 2 fully saturated rings. The number of hydrogen-bond donors (Lipinski definition) is 5. The lowest BCUT2D eigenvalue weighted by atomic mass is 9.95. The second-order valence-corrected chi connectivity index (χ2v) is 6.96. The first kappa shape index (κ1) is 17.4. The van der Waals surface area contributed by atoms with Crippen molar-refractivity contribution in [1.29, 1.82) is 0 Å². The Labute approximate surface area is 150 Å². The van der Waals surface area contributed by atoms with E-state index in [9.17, 15) is 15.3 Å². The lowest BCUT2D eigenvalue weighted by molar-refractivity contribution is -0.0511. The second-order valence-electron chi connectivity index (χ2n) is 6.96. The van der Waals surface area contributed by atoms with Gasteiger partial charge in [-0.25, -0.2) is 4.98 Å². The van der Waals surface area contributed by atoms with Crippen molar-refractivity contribution in [3.63, 3.8) is 0 Å². The van der Waals surface area contributed by atoms with Gasteiger partial charge >= 0.3 is 0 Å². The van der Waals surface area contributed by atoms with Gasteiger partial charge in [0.05, 0.1) is 12.9 Å². The molecule has 142 valence electrons. The standard InChI is InChI=1S/C16H24N6O4/c17-16-20-13(19-8-4-2-1-3-5-8)10-14(21-16)22(7-18-10)15-12(25)11(24)9(6-23)26-15/h7-9,11-12,15,23-25H,1-6H2,(H3,17,19,20,21)/t9-,11-,12-,15-/m1/s1. The van der Waals surface area contributed by atoms with Gasteiger partial charge in [0.2, 0.25) is 5.95 Å². The largest absolute Gasteiger partial charge is 0.394 e. The highest BCUT2D eigenvalue weighted by Crippen LogP contribution is 2.33. The monoisotopic (exact) mass is 364 g/mol. The molecule has 4 atom stereocenters. The number of aliphatic hydroxyl groups excluding tert-OH is 3. The third-order valence-electron chi connectivity index (χ3n) is 5.18. The Kier molecular flexibility index (Phi) is 4.65. The van der Waals surface area contributed by atoms with E-state index in [4.69, 9.17) is 10.5 Å². The summed E-state index contributed by atoms with van der Waals surface area (Å²) in [5.41, 5.74) is 6.81. The molecule has 0 bridgehead atoms. The predicted molar refractivity (Wildman–Crippen MR) is 93.2 cm³/mol. The van der Waals surface area contributed by atoms with Crippen molar-refractivity contribution in [2.24, 2.45) is 0 Å². The Morgan fingerprint density at radius 3 is 2.65 bits per heavy atom. The number of hydrogen-bond acceptors (Lipinski definition) is 9. The van der Waals surface area contributed by atoms with Gasteiger partial charge in [0.25, 0.3) is 0 Å². The van der Waals surface area contributed by atoms with Crippen LogP contribution in [0.15, 0.2) is 6.33 Å². The van der Waals surface area contributed by atoms with Gasteiger partial charge in [0.1, 0.15) is 18.3 Å². The molecule has 3 heterocycles. The van der Waals surface area contributed by atoms with Gasteiger partial charge in [0.15, 0.2) is 23.2 Å². The van der Waals surface area contributed by atoms with Crippen molar-refractivity contribution in [3.8, 4) is 0 Å². The first-order chi connectivity index (χ1) is 12.6. The van der Waals surface area contributed by atoms with E-state index in [-0.39, 0.29) is 5.95 Å². The SMILES string of the molecule is Nc1nc(NC2CCCCC2)c2ncn([C@@H]3O[C@H](CO)[C@@H](O)[C@H]3O)c2n1. The van der Waals surface area contributed by atoms with Crippen LogP contribution in [0.5, 0.6) is 0 Å². The topological polar surface area (TPSA) is 152 Å². The number of aliphatic hydroxyl groups is 3. The Bertz CT molecular complexity index is 777. The highest BCUT2D eigenvalue weighted by molar-refractivity contribution is 5.84. The Morgan fingerprint density at radius 1 is 1.19 bits per heavy atom. The molecule has 1 aliphatic carbocycles. The minimum atomic E-state index is -1.21. The lowest BCUT2D eigenvalue weighted by Crippen LogP contribution is -2.33. The summed E-state index contributed by atoms with van der Waals surface area (Å²) in [6.45, 7) is -0.396. The zero-order valence-electron chi connectivity index (χ0n) is 14.3. The highest BCUT2D eigenvalue weighted by atomic mass is 16.6. The summed E-state index contributed by atoms with van der Waals surface area (Å²) >= 11 is 0. The number of nitrogens with two attached hydrogens (primary N) is 1. The molecule has 0 amide bonds. The average Bonchev–Trinajstić information content (AvgIpc) is 3.17. The second kappa shape index (κ2) is 6.95. The quantitative estimate of drug-likeness (QED) is 0.495. The fourth-order valence-corrected chi connectivity index (χ4v) is 3.77. The van der Waals surface area contributed by atoms with Crippen LogP contribution in [0.25, 0.3) is 11.2 Å². The molecule has 0 aromatic carbocycles. The van der Waals surface area contributed by atoms with Gasteiger partial charge in [-0.1, -0.05) is 19.3 Å². The number of aromatic nitrogens is 4. The van der Waals surface area contributed by atoms with Crippen LogP contribution in [0.2, 0.25) is 0 Å². The molecule has 2 aromatic heterocycles. The minimum Gasteiger partial charge on any atom is -0.394 e. The maximum Gasteiger partial charge on any atom is 0.224 e. The molecule has 0 radical (unpaired) electrons. The molecule has 1 aliphatic heterocycles. The number of fused-ring (bicyclic) bond motifs is 1. The maximum atomic E-state index is 10.3. The van der Waals surface area contributed by atoms with Crippen LogP contribution in [0, 0.1) is 0 Å². The van der Waals surface area contributed by atoms with E-state index in [1.807, 2.05) is 0 Å². The Morgan fingerprint density at radius 2 is 1.96 bits per heavy atom. The molecule has 0 unspecified atom stereocenters. The van der Waals surface area contributed by atoms with Crippen LogP contribution in [-0.4, -0.2) is 65.8 Å². The molecule has 6 N–H and O–H groups in total. The minimum absolute atomic E-state index is 0.0873. The third kappa shape index (κ3) is 2.98. The number of nitrogens with zero attached hydrogens (tertiary/aromatic N) is 4. The summed E-state index contributed by atoms with van der Waals surface area (Å²) in [5.74, 6) is 0.647. The molecule has 10 nitrogen and oxygen atoms in total. The fourth-order valence-electron chi connectivity index (χ4n) is 3.77. The molecule has 1 saturated heterocycles. The summed E-state index contributed by atoms with van der Waals surface area (Å²) in [7, 11) is 0.